The van der Waals surface area contributed by atoms with Gasteiger partial charge in [-0.3, -0.25) is 0 Å². The SMILES string of the molecule is Cl.Cl.NCC1CCN(c2ccc(S(=O)(=O)N[C@@H]3CCNC3)c(S(N)(=O)=O)c2-c2nn[nH]n2)CC1. The monoisotopic (exact) mass is 557 g/mol. The molecule has 4 rings (SSSR count). The predicted molar refractivity (Wildman–Crippen MR) is 131 cm³/mol. The van der Waals surface area contributed by atoms with Gasteiger partial charge in [-0.05, 0) is 55.6 Å². The van der Waals surface area contributed by atoms with Crippen molar-refractivity contribution in [3.63, 3.8) is 0 Å². The van der Waals surface area contributed by atoms with Crippen molar-refractivity contribution < 1.29 is 16.8 Å². The van der Waals surface area contributed by atoms with E-state index >= 15 is 0 Å². The second-order valence-electron chi connectivity index (χ2n) is 8.04. The summed E-state index contributed by atoms with van der Waals surface area (Å²) in [5.74, 6) is 0.325. The molecule has 34 heavy (non-hydrogen) atoms. The summed E-state index contributed by atoms with van der Waals surface area (Å²) in [4.78, 5) is 0.986. The number of rotatable bonds is 7. The Morgan fingerprint density at radius 1 is 1.12 bits per heavy atom. The fraction of sp³-hybridized carbons (Fsp3) is 0.588. The van der Waals surface area contributed by atoms with Crippen LogP contribution in [0.2, 0.25) is 0 Å². The van der Waals surface area contributed by atoms with Crippen molar-refractivity contribution in [2.24, 2.45) is 16.8 Å². The Morgan fingerprint density at radius 3 is 2.35 bits per heavy atom. The molecule has 2 saturated heterocycles. The van der Waals surface area contributed by atoms with Gasteiger partial charge in [0.2, 0.25) is 25.9 Å². The third-order valence-corrected chi connectivity index (χ3v) is 8.60. The smallest absolute Gasteiger partial charge is 0.242 e. The van der Waals surface area contributed by atoms with Crippen LogP contribution in [-0.4, -0.2) is 76.2 Å². The number of halogens is 2. The van der Waals surface area contributed by atoms with Gasteiger partial charge in [0.25, 0.3) is 0 Å². The van der Waals surface area contributed by atoms with Gasteiger partial charge in [0.05, 0.1) is 5.56 Å². The van der Waals surface area contributed by atoms with Gasteiger partial charge in [0.15, 0.2) is 0 Å². The van der Waals surface area contributed by atoms with E-state index in [2.05, 4.69) is 30.7 Å². The van der Waals surface area contributed by atoms with Crippen molar-refractivity contribution >= 4 is 50.5 Å². The number of benzene rings is 1. The highest BCUT2D eigenvalue weighted by Gasteiger charge is 2.35. The van der Waals surface area contributed by atoms with Crippen LogP contribution < -0.4 is 25.8 Å². The molecule has 0 saturated carbocycles. The first-order chi connectivity index (χ1) is 15.2. The summed E-state index contributed by atoms with van der Waals surface area (Å²) < 4.78 is 54.4. The van der Waals surface area contributed by atoms with E-state index in [1.165, 1.54) is 6.07 Å². The minimum absolute atomic E-state index is 0. The Balaban J connectivity index is 0.00000204. The van der Waals surface area contributed by atoms with Gasteiger partial charge in [-0.1, -0.05) is 0 Å². The fourth-order valence-corrected chi connectivity index (χ4v) is 7.11. The molecular weight excluding hydrogens is 529 g/mol. The largest absolute Gasteiger partial charge is 0.371 e. The normalized spacial score (nSPS) is 19.5. The number of piperidine rings is 1. The summed E-state index contributed by atoms with van der Waals surface area (Å²) in [6.07, 6.45) is 2.24. The van der Waals surface area contributed by atoms with E-state index in [0.717, 1.165) is 12.8 Å². The number of nitrogens with two attached hydrogens (primary N) is 2. The molecule has 2 aliphatic rings. The fourth-order valence-electron chi connectivity index (χ4n) is 4.24. The molecule has 0 aliphatic carbocycles. The molecule has 13 nitrogen and oxygen atoms in total. The number of sulfonamides is 2. The molecule has 0 radical (unpaired) electrons. The maximum atomic E-state index is 13.2. The Labute approximate surface area is 210 Å². The van der Waals surface area contributed by atoms with Crippen LogP contribution in [0, 0.1) is 5.92 Å². The van der Waals surface area contributed by atoms with E-state index in [-0.39, 0.29) is 42.2 Å². The van der Waals surface area contributed by atoms with Crippen LogP contribution in [0.4, 0.5) is 5.69 Å². The van der Waals surface area contributed by atoms with Gasteiger partial charge >= 0.3 is 0 Å². The summed E-state index contributed by atoms with van der Waals surface area (Å²) in [6.45, 7) is 2.94. The van der Waals surface area contributed by atoms with Crippen molar-refractivity contribution in [2.45, 2.75) is 35.1 Å². The Morgan fingerprint density at radius 2 is 1.82 bits per heavy atom. The molecule has 0 bridgehead atoms. The van der Waals surface area contributed by atoms with Crippen LogP contribution in [-0.2, 0) is 20.0 Å². The Bertz CT molecular complexity index is 1170. The quantitative estimate of drug-likeness (QED) is 0.286. The lowest BCUT2D eigenvalue weighted by Crippen LogP contribution is -2.38. The lowest BCUT2D eigenvalue weighted by molar-refractivity contribution is 0.414. The van der Waals surface area contributed by atoms with Crippen molar-refractivity contribution in [3.8, 4) is 11.4 Å². The van der Waals surface area contributed by atoms with Gasteiger partial charge in [0, 0.05) is 31.4 Å². The molecule has 3 heterocycles. The van der Waals surface area contributed by atoms with E-state index < -0.39 is 29.8 Å². The number of aromatic amines is 1. The first kappa shape index (κ1) is 28.6. The highest BCUT2D eigenvalue weighted by atomic mass is 35.5. The molecule has 2 aromatic rings. The van der Waals surface area contributed by atoms with E-state index in [1.807, 2.05) is 4.90 Å². The summed E-state index contributed by atoms with van der Waals surface area (Å²) in [6, 6.07) is 2.50. The van der Waals surface area contributed by atoms with Gasteiger partial charge in [-0.2, -0.15) is 5.21 Å². The molecule has 1 aromatic heterocycles. The maximum Gasteiger partial charge on any atom is 0.242 e. The average Bonchev–Trinajstić information content (AvgIpc) is 3.46. The summed E-state index contributed by atoms with van der Waals surface area (Å²) >= 11 is 0. The topological polar surface area (TPSA) is 202 Å². The van der Waals surface area contributed by atoms with Crippen LogP contribution in [0.5, 0.6) is 0 Å². The summed E-state index contributed by atoms with van der Waals surface area (Å²) in [5.41, 5.74) is 6.28. The standard InChI is InChI=1S/C17H27N9O4S2.2ClH/c18-9-11-4-7-26(8-5-11)13-1-2-14(32(29,30)23-12-3-6-20-10-12)16(31(19,27)28)15(13)17-21-24-25-22-17;;/h1-2,11-12,20,23H,3-10,18H2,(H2,19,27,28)(H,21,22,24,25);2*1H/t12-;;/m1../s1. The molecule has 1 aromatic carbocycles. The first-order valence-electron chi connectivity index (χ1n) is 10.3. The number of tetrazole rings is 1. The number of hydrogen-bond donors (Lipinski definition) is 5. The zero-order valence-electron chi connectivity index (χ0n) is 18.2. The lowest BCUT2D eigenvalue weighted by Gasteiger charge is -2.34. The maximum absolute atomic E-state index is 13.2. The highest BCUT2D eigenvalue weighted by Crippen LogP contribution is 2.39. The van der Waals surface area contributed by atoms with Crippen molar-refractivity contribution in [1.29, 1.82) is 0 Å². The van der Waals surface area contributed by atoms with Crippen LogP contribution in [0.1, 0.15) is 19.3 Å². The first-order valence-corrected chi connectivity index (χ1v) is 13.4. The number of anilines is 1. The third kappa shape index (κ3) is 5.96. The zero-order valence-corrected chi connectivity index (χ0v) is 21.4. The van der Waals surface area contributed by atoms with E-state index in [0.29, 0.717) is 50.7 Å². The number of nitrogens with zero attached hydrogens (tertiary/aromatic N) is 4. The molecule has 2 fully saturated rings. The van der Waals surface area contributed by atoms with Crippen molar-refractivity contribution in [1.82, 2.24) is 30.7 Å². The molecular formula is C17H29Cl2N9O4S2. The number of aromatic nitrogens is 4. The average molecular weight is 559 g/mol. The number of nitrogens with one attached hydrogen (secondary N) is 3. The summed E-state index contributed by atoms with van der Waals surface area (Å²) in [5, 5.41) is 22.3. The third-order valence-electron chi connectivity index (χ3n) is 5.91. The number of H-pyrrole nitrogens is 1. The van der Waals surface area contributed by atoms with Gasteiger partial charge in [-0.25, -0.2) is 26.7 Å². The van der Waals surface area contributed by atoms with Crippen LogP contribution >= 0.6 is 24.8 Å². The zero-order chi connectivity index (χ0) is 22.9. The predicted octanol–water partition coefficient (Wildman–Crippen LogP) is -0.827. The van der Waals surface area contributed by atoms with Gasteiger partial charge in [0.1, 0.15) is 9.79 Å². The minimum Gasteiger partial charge on any atom is -0.371 e. The van der Waals surface area contributed by atoms with Crippen LogP contribution in [0.25, 0.3) is 11.4 Å². The van der Waals surface area contributed by atoms with Crippen LogP contribution in [0.3, 0.4) is 0 Å². The van der Waals surface area contributed by atoms with Gasteiger partial charge in [-0.15, -0.1) is 35.0 Å². The van der Waals surface area contributed by atoms with Crippen molar-refractivity contribution in [2.75, 3.05) is 37.6 Å². The molecule has 0 spiro atoms. The molecule has 1 atom stereocenters. The molecule has 7 N–H and O–H groups in total. The van der Waals surface area contributed by atoms with E-state index in [9.17, 15) is 16.8 Å². The van der Waals surface area contributed by atoms with Crippen LogP contribution in [0.15, 0.2) is 21.9 Å². The summed E-state index contributed by atoms with van der Waals surface area (Å²) in [7, 11) is -8.69. The second-order valence-corrected chi connectivity index (χ2v) is 11.2. The molecule has 17 heteroatoms. The minimum atomic E-state index is -4.49. The lowest BCUT2D eigenvalue weighted by atomic mass is 9.96. The van der Waals surface area contributed by atoms with E-state index in [4.69, 9.17) is 10.9 Å². The number of hydrogen-bond acceptors (Lipinski definition) is 10. The van der Waals surface area contributed by atoms with Crippen molar-refractivity contribution in [3.05, 3.63) is 12.1 Å². The Kier molecular flexibility index (Phi) is 9.63. The molecule has 192 valence electrons. The Hall–Kier alpha value is -1.59. The molecule has 2 aliphatic heterocycles. The molecule has 0 amide bonds. The van der Waals surface area contributed by atoms with Gasteiger partial charge < -0.3 is 16.0 Å². The second kappa shape index (κ2) is 11.4. The van der Waals surface area contributed by atoms with E-state index in [1.54, 1.807) is 6.07 Å². The number of primary sulfonamides is 1. The molecule has 0 unspecified atom stereocenters. The highest BCUT2D eigenvalue weighted by molar-refractivity contribution is 7.92.